The molecule has 0 spiro atoms. The molecule has 10 heavy (non-hydrogen) atoms. The quantitative estimate of drug-likeness (QED) is 0.521. The summed E-state index contributed by atoms with van der Waals surface area (Å²) in [5, 5.41) is 30.0. The Kier molecular flexibility index (Phi) is 7.03. The lowest BCUT2D eigenvalue weighted by Crippen LogP contribution is -1.46. The van der Waals surface area contributed by atoms with Crippen LogP contribution in [-0.2, 0) is 0 Å². The van der Waals surface area contributed by atoms with Gasteiger partial charge in [-0.15, -0.1) is 0 Å². The van der Waals surface area contributed by atoms with Crippen LogP contribution >= 0.6 is 39.7 Å². The predicted octanol–water partition coefficient (Wildman–Crippen LogP) is 2.86. The van der Waals surface area contributed by atoms with Gasteiger partial charge in [0.15, 0.2) is 0 Å². The predicted molar refractivity (Wildman–Crippen MR) is 46.5 cm³/mol. The van der Waals surface area contributed by atoms with Gasteiger partial charge < -0.3 is 0 Å². The Labute approximate surface area is 71.8 Å². The topological polar surface area (TPSA) is 71.4 Å². The first-order valence-corrected chi connectivity index (χ1v) is 7.44. The van der Waals surface area contributed by atoms with Crippen LogP contribution in [0.2, 0.25) is 0 Å². The standard InChI is InChI=1S/C3N3PS3/c4-1-8-7(9-2-5)10-3-6. The van der Waals surface area contributed by atoms with E-state index >= 15 is 0 Å². The van der Waals surface area contributed by atoms with Crippen molar-refractivity contribution >= 4 is 39.7 Å². The van der Waals surface area contributed by atoms with E-state index in [1.165, 1.54) is 0 Å². The molecular formula is C3N3PS3. The van der Waals surface area contributed by atoms with Gasteiger partial charge in [0.1, 0.15) is 21.7 Å². The molecule has 0 aromatic rings. The van der Waals surface area contributed by atoms with Crippen LogP contribution in [0.25, 0.3) is 0 Å². The number of nitrogens with zero attached hydrogens (tertiary/aromatic N) is 3. The molecule has 0 aliphatic carbocycles. The SMILES string of the molecule is N#CSP(SC#N)SC#N. The number of thiocyanates is 3. The Morgan fingerprint density at radius 2 is 1.10 bits per heavy atom. The maximum atomic E-state index is 8.17. The fourth-order valence-electron chi connectivity index (χ4n) is 0.156. The molecule has 0 heterocycles. The van der Waals surface area contributed by atoms with E-state index in [4.69, 9.17) is 15.8 Å². The summed E-state index contributed by atoms with van der Waals surface area (Å²) in [6.07, 6.45) is 0. The van der Waals surface area contributed by atoms with Crippen LogP contribution in [0.3, 0.4) is 0 Å². The van der Waals surface area contributed by atoms with Gasteiger partial charge in [0.05, 0.1) is 0 Å². The van der Waals surface area contributed by atoms with Gasteiger partial charge in [-0.05, 0) is 0 Å². The lowest BCUT2D eigenvalue weighted by atomic mass is 11.8. The smallest absolute Gasteiger partial charge is 0.139 e. The van der Waals surface area contributed by atoms with Gasteiger partial charge in [-0.2, -0.15) is 15.8 Å². The summed E-state index contributed by atoms with van der Waals surface area (Å²) in [6.45, 7) is 0. The van der Waals surface area contributed by atoms with E-state index in [-0.39, 0.29) is 0 Å². The Hall–Kier alpha value is -0.0500. The molecule has 0 bridgehead atoms. The molecule has 7 heteroatoms. The zero-order chi connectivity index (χ0) is 7.82. The number of hydrogen-bond acceptors (Lipinski definition) is 6. The molecule has 0 rings (SSSR count). The normalized spacial score (nSPS) is 7.80. The van der Waals surface area contributed by atoms with Gasteiger partial charge >= 0.3 is 0 Å². The lowest BCUT2D eigenvalue weighted by molar-refractivity contribution is 1.57. The maximum Gasteiger partial charge on any atom is 0.139 e. The van der Waals surface area contributed by atoms with Crippen LogP contribution in [0, 0.1) is 32.0 Å². The van der Waals surface area contributed by atoms with Crippen LogP contribution in [0.4, 0.5) is 0 Å². The highest BCUT2D eigenvalue weighted by atomic mass is 33.4. The molecule has 0 radical (unpaired) electrons. The van der Waals surface area contributed by atoms with Crippen LogP contribution in [0.15, 0.2) is 0 Å². The molecule has 0 saturated heterocycles. The van der Waals surface area contributed by atoms with Crippen LogP contribution in [-0.4, -0.2) is 0 Å². The van der Waals surface area contributed by atoms with Crippen LogP contribution in [0.5, 0.6) is 0 Å². The van der Waals surface area contributed by atoms with Crippen LogP contribution < -0.4 is 0 Å². The summed E-state index contributed by atoms with van der Waals surface area (Å²) >= 11 is 2.93. The third-order valence-electron chi connectivity index (χ3n) is 0.346. The van der Waals surface area contributed by atoms with Crippen molar-refractivity contribution in [2.45, 2.75) is 0 Å². The summed E-state index contributed by atoms with van der Waals surface area (Å²) in [5.41, 5.74) is -0.894. The van der Waals surface area contributed by atoms with E-state index in [0.717, 1.165) is 34.1 Å². The van der Waals surface area contributed by atoms with Crippen molar-refractivity contribution < 1.29 is 0 Å². The minimum Gasteiger partial charge on any atom is -0.185 e. The van der Waals surface area contributed by atoms with Crippen molar-refractivity contribution in [3.8, 4) is 16.2 Å². The zero-order valence-corrected chi connectivity index (χ0v) is 7.86. The lowest BCUT2D eigenvalue weighted by Gasteiger charge is -1.96. The first kappa shape index (κ1) is 9.95. The van der Waals surface area contributed by atoms with Crippen molar-refractivity contribution in [2.75, 3.05) is 0 Å². The van der Waals surface area contributed by atoms with Gasteiger partial charge in [0, 0.05) is 34.1 Å². The van der Waals surface area contributed by atoms with E-state index in [1.807, 2.05) is 16.2 Å². The molecule has 0 atom stereocenters. The van der Waals surface area contributed by atoms with Crippen molar-refractivity contribution in [3.05, 3.63) is 0 Å². The molecule has 0 aliphatic rings. The molecule has 0 aromatic carbocycles. The Bertz CT molecular complexity index is 172. The fraction of sp³-hybridized carbons (Fsp3) is 0. The van der Waals surface area contributed by atoms with E-state index in [9.17, 15) is 0 Å². The first-order valence-electron chi connectivity index (χ1n) is 1.83. The van der Waals surface area contributed by atoms with Gasteiger partial charge in [-0.25, -0.2) is 0 Å². The number of nitriles is 3. The molecule has 0 saturated carbocycles. The number of hydrogen-bond donors (Lipinski definition) is 0. The molecule has 50 valence electrons. The minimum atomic E-state index is -0.894. The molecule has 0 fully saturated rings. The molecule has 0 amide bonds. The fourth-order valence-corrected chi connectivity index (χ4v) is 4.21. The third-order valence-corrected chi connectivity index (χ3v) is 7.14. The summed E-state index contributed by atoms with van der Waals surface area (Å²) in [6, 6.07) is 0. The highest BCUT2D eigenvalue weighted by Crippen LogP contribution is 2.69. The largest absolute Gasteiger partial charge is 0.185 e. The first-order chi connectivity index (χ1) is 4.85. The molecule has 0 aliphatic heterocycles. The van der Waals surface area contributed by atoms with Crippen LogP contribution in [0.1, 0.15) is 0 Å². The van der Waals surface area contributed by atoms with E-state index in [0.29, 0.717) is 0 Å². The number of rotatable bonds is 3. The summed E-state index contributed by atoms with van der Waals surface area (Å²) < 4.78 is 0. The molecule has 3 nitrogen and oxygen atoms in total. The second-order valence-electron chi connectivity index (χ2n) is 0.771. The summed E-state index contributed by atoms with van der Waals surface area (Å²) in [5.74, 6) is 0. The highest BCUT2D eigenvalue weighted by Gasteiger charge is 2.09. The molecule has 0 N–H and O–H groups in total. The second-order valence-corrected chi connectivity index (χ2v) is 9.32. The van der Waals surface area contributed by atoms with Crippen molar-refractivity contribution in [1.29, 1.82) is 15.8 Å². The minimum absolute atomic E-state index is 0.894. The molecule has 0 aromatic heterocycles. The Morgan fingerprint density at radius 1 is 0.800 bits per heavy atom. The third kappa shape index (κ3) is 4.79. The van der Waals surface area contributed by atoms with Gasteiger partial charge in [-0.1, -0.05) is 0 Å². The second kappa shape index (κ2) is 7.06. The Morgan fingerprint density at radius 3 is 1.30 bits per heavy atom. The van der Waals surface area contributed by atoms with Crippen molar-refractivity contribution in [2.24, 2.45) is 0 Å². The maximum absolute atomic E-state index is 8.17. The molecular weight excluding hydrogens is 205 g/mol. The summed E-state index contributed by atoms with van der Waals surface area (Å²) in [7, 11) is 0. The zero-order valence-electron chi connectivity index (χ0n) is 4.51. The monoisotopic (exact) mass is 205 g/mol. The van der Waals surface area contributed by atoms with Gasteiger partial charge in [-0.3, -0.25) is 0 Å². The summed E-state index contributed by atoms with van der Waals surface area (Å²) in [4.78, 5) is 0. The van der Waals surface area contributed by atoms with Crippen molar-refractivity contribution in [3.63, 3.8) is 0 Å². The Balaban J connectivity index is 3.68. The molecule has 0 unspecified atom stereocenters. The van der Waals surface area contributed by atoms with E-state index in [2.05, 4.69) is 0 Å². The highest BCUT2D eigenvalue weighted by molar-refractivity contribution is 9.14. The van der Waals surface area contributed by atoms with E-state index in [1.54, 1.807) is 0 Å². The van der Waals surface area contributed by atoms with Crippen molar-refractivity contribution in [1.82, 2.24) is 0 Å². The van der Waals surface area contributed by atoms with Gasteiger partial charge in [0.2, 0.25) is 0 Å². The average Bonchev–Trinajstić information content (AvgIpc) is 1.90. The van der Waals surface area contributed by atoms with E-state index < -0.39 is 5.53 Å². The van der Waals surface area contributed by atoms with Gasteiger partial charge in [0.25, 0.3) is 0 Å². The average molecular weight is 205 g/mol.